The van der Waals surface area contributed by atoms with Gasteiger partial charge in [0.05, 0.1) is 4.88 Å². The number of carbonyl (C=O) groups excluding carboxylic acids is 4. The van der Waals surface area contributed by atoms with Crippen LogP contribution in [0.3, 0.4) is 0 Å². The molecule has 3 aromatic rings. The summed E-state index contributed by atoms with van der Waals surface area (Å²) in [5.74, 6) is -0.276. The van der Waals surface area contributed by atoms with Gasteiger partial charge in [0.15, 0.2) is 11.5 Å². The topological polar surface area (TPSA) is 126 Å². The second kappa shape index (κ2) is 8.76. The second-order valence-corrected chi connectivity index (χ2v) is 9.02. The smallest absolute Gasteiger partial charge is 0.325 e. The Hall–Kier alpha value is -4.38. The molecule has 1 fully saturated rings. The average molecular weight is 493 g/mol. The molecule has 5 rings (SSSR count). The van der Waals surface area contributed by atoms with Crippen LogP contribution in [0.15, 0.2) is 60.0 Å². The molecule has 1 atom stereocenters. The molecule has 1 saturated heterocycles. The summed E-state index contributed by atoms with van der Waals surface area (Å²) in [4.78, 5) is 51.9. The van der Waals surface area contributed by atoms with Crippen LogP contribution in [0.4, 0.5) is 16.2 Å². The summed E-state index contributed by atoms with van der Waals surface area (Å²) in [6.07, 6.45) is 0. The van der Waals surface area contributed by atoms with Crippen LogP contribution in [-0.4, -0.2) is 42.0 Å². The highest BCUT2D eigenvalue weighted by molar-refractivity contribution is 7.12. The van der Waals surface area contributed by atoms with Crippen LogP contribution in [-0.2, 0) is 15.1 Å². The molecule has 11 heteroatoms. The van der Waals surface area contributed by atoms with Crippen molar-refractivity contribution < 1.29 is 28.7 Å². The Morgan fingerprint density at radius 2 is 1.74 bits per heavy atom. The summed E-state index contributed by atoms with van der Waals surface area (Å²) < 4.78 is 10.7. The van der Waals surface area contributed by atoms with Crippen LogP contribution in [0.25, 0.3) is 0 Å². The first-order valence-electron chi connectivity index (χ1n) is 10.6. The number of carbonyl (C=O) groups is 4. The van der Waals surface area contributed by atoms with Gasteiger partial charge in [0.2, 0.25) is 12.7 Å². The number of anilines is 2. The van der Waals surface area contributed by atoms with E-state index in [2.05, 4.69) is 16.0 Å². The van der Waals surface area contributed by atoms with Gasteiger partial charge in [-0.05, 0) is 60.3 Å². The molecule has 2 aliphatic rings. The predicted octanol–water partition coefficient (Wildman–Crippen LogP) is 3.13. The lowest BCUT2D eigenvalue weighted by Crippen LogP contribution is -2.42. The van der Waals surface area contributed by atoms with Gasteiger partial charge in [0.25, 0.3) is 11.8 Å². The van der Waals surface area contributed by atoms with E-state index in [1.54, 1.807) is 61.5 Å². The van der Waals surface area contributed by atoms with Crippen molar-refractivity contribution in [3.63, 3.8) is 0 Å². The van der Waals surface area contributed by atoms with Crippen molar-refractivity contribution in [2.24, 2.45) is 0 Å². The van der Waals surface area contributed by atoms with E-state index in [-0.39, 0.29) is 12.7 Å². The van der Waals surface area contributed by atoms with Crippen LogP contribution >= 0.6 is 11.3 Å². The summed E-state index contributed by atoms with van der Waals surface area (Å²) in [6, 6.07) is 14.4. The lowest BCUT2D eigenvalue weighted by molar-refractivity contribution is -0.133. The lowest BCUT2D eigenvalue weighted by Gasteiger charge is -2.22. The molecule has 0 spiro atoms. The maximum Gasteiger partial charge on any atom is 0.325 e. The van der Waals surface area contributed by atoms with Crippen molar-refractivity contribution in [3.05, 3.63) is 70.4 Å². The summed E-state index contributed by atoms with van der Waals surface area (Å²) >= 11 is 1.33. The number of amides is 5. The zero-order valence-electron chi connectivity index (χ0n) is 18.5. The fourth-order valence-corrected chi connectivity index (χ4v) is 4.44. The van der Waals surface area contributed by atoms with Gasteiger partial charge >= 0.3 is 6.03 Å². The zero-order valence-corrected chi connectivity index (χ0v) is 19.3. The van der Waals surface area contributed by atoms with E-state index in [0.717, 1.165) is 4.90 Å². The molecule has 35 heavy (non-hydrogen) atoms. The molecule has 178 valence electrons. The summed E-state index contributed by atoms with van der Waals surface area (Å²) in [6.45, 7) is 1.21. The minimum Gasteiger partial charge on any atom is -0.454 e. The van der Waals surface area contributed by atoms with E-state index < -0.39 is 29.9 Å². The number of hydrogen-bond donors (Lipinski definition) is 3. The number of thiophene rings is 1. The molecule has 0 bridgehead atoms. The van der Waals surface area contributed by atoms with Crippen molar-refractivity contribution >= 4 is 46.5 Å². The molecule has 10 nitrogen and oxygen atoms in total. The Morgan fingerprint density at radius 1 is 1.03 bits per heavy atom. The highest BCUT2D eigenvalue weighted by Crippen LogP contribution is 2.37. The third kappa shape index (κ3) is 4.28. The monoisotopic (exact) mass is 492 g/mol. The standard InChI is InChI=1S/C24H20N4O6S/c1-24(14-4-9-17-18(11-14)34-13-33-17)22(31)28(23(32)27-24)12-20(29)25-15-5-7-16(8-6-15)26-21(30)19-3-2-10-35-19/h2-11H,12-13H2,1H3,(H,25,29)(H,26,30)(H,27,32). The quantitative estimate of drug-likeness (QED) is 0.454. The maximum atomic E-state index is 13.1. The molecule has 2 aliphatic heterocycles. The number of ether oxygens (including phenoxy) is 2. The fourth-order valence-electron chi connectivity index (χ4n) is 3.83. The third-order valence-corrected chi connectivity index (χ3v) is 6.57. The van der Waals surface area contributed by atoms with Gasteiger partial charge in [-0.1, -0.05) is 12.1 Å². The number of benzene rings is 2. The molecule has 0 saturated carbocycles. The number of urea groups is 1. The molecular weight excluding hydrogens is 472 g/mol. The highest BCUT2D eigenvalue weighted by atomic mass is 32.1. The Balaban J connectivity index is 1.21. The molecule has 1 aromatic heterocycles. The SMILES string of the molecule is CC1(c2ccc3c(c2)OCO3)NC(=O)N(CC(=O)Nc2ccc(NC(=O)c3cccs3)cc2)C1=O. The van der Waals surface area contributed by atoms with Crippen LogP contribution in [0.1, 0.15) is 22.2 Å². The van der Waals surface area contributed by atoms with Crippen molar-refractivity contribution in [1.29, 1.82) is 0 Å². The molecule has 0 aliphatic carbocycles. The number of rotatable bonds is 6. The first kappa shape index (κ1) is 22.4. The molecule has 3 N–H and O–H groups in total. The Morgan fingerprint density at radius 3 is 2.46 bits per heavy atom. The largest absolute Gasteiger partial charge is 0.454 e. The minimum absolute atomic E-state index is 0.0874. The van der Waals surface area contributed by atoms with Gasteiger partial charge in [0, 0.05) is 11.4 Å². The van der Waals surface area contributed by atoms with Crippen LogP contribution in [0.2, 0.25) is 0 Å². The van der Waals surface area contributed by atoms with Gasteiger partial charge in [-0.3, -0.25) is 19.3 Å². The van der Waals surface area contributed by atoms with E-state index in [0.29, 0.717) is 33.3 Å². The van der Waals surface area contributed by atoms with Gasteiger partial charge in [0.1, 0.15) is 12.1 Å². The first-order valence-corrected chi connectivity index (χ1v) is 11.5. The average Bonchev–Trinajstić information content (AvgIpc) is 3.58. The fraction of sp³-hybridized carbons (Fsp3) is 0.167. The van der Waals surface area contributed by atoms with Crippen LogP contribution < -0.4 is 25.4 Å². The minimum atomic E-state index is -1.35. The number of imide groups is 1. The van der Waals surface area contributed by atoms with E-state index in [4.69, 9.17) is 9.47 Å². The van der Waals surface area contributed by atoms with Crippen molar-refractivity contribution in [2.75, 3.05) is 24.0 Å². The van der Waals surface area contributed by atoms with Gasteiger partial charge in [-0.2, -0.15) is 0 Å². The molecule has 3 heterocycles. The number of nitrogens with zero attached hydrogens (tertiary/aromatic N) is 1. The highest BCUT2D eigenvalue weighted by Gasteiger charge is 2.49. The van der Waals surface area contributed by atoms with E-state index in [9.17, 15) is 19.2 Å². The molecule has 5 amide bonds. The Labute approximate surface area is 203 Å². The van der Waals surface area contributed by atoms with Gasteiger partial charge in [-0.15, -0.1) is 11.3 Å². The maximum absolute atomic E-state index is 13.1. The van der Waals surface area contributed by atoms with E-state index >= 15 is 0 Å². The molecule has 0 radical (unpaired) electrons. The van der Waals surface area contributed by atoms with Crippen molar-refractivity contribution in [2.45, 2.75) is 12.5 Å². The van der Waals surface area contributed by atoms with Crippen LogP contribution in [0, 0.1) is 0 Å². The Kier molecular flexibility index (Phi) is 5.61. The Bertz CT molecular complexity index is 1320. The number of hydrogen-bond acceptors (Lipinski definition) is 7. The van der Waals surface area contributed by atoms with Crippen molar-refractivity contribution in [1.82, 2.24) is 10.2 Å². The van der Waals surface area contributed by atoms with Crippen molar-refractivity contribution in [3.8, 4) is 11.5 Å². The molecule has 2 aromatic carbocycles. The van der Waals surface area contributed by atoms with Gasteiger partial charge in [-0.25, -0.2) is 4.79 Å². The summed E-state index contributed by atoms with van der Waals surface area (Å²) in [5.41, 5.74) is 0.189. The number of nitrogens with one attached hydrogen (secondary N) is 3. The molecular formula is C24H20N4O6S. The second-order valence-electron chi connectivity index (χ2n) is 8.07. The van der Waals surface area contributed by atoms with Gasteiger partial charge < -0.3 is 25.4 Å². The predicted molar refractivity (Wildman–Crippen MR) is 128 cm³/mol. The first-order chi connectivity index (χ1) is 16.8. The normalized spacial score (nSPS) is 18.4. The number of fused-ring (bicyclic) bond motifs is 1. The van der Waals surface area contributed by atoms with Crippen LogP contribution in [0.5, 0.6) is 11.5 Å². The summed E-state index contributed by atoms with van der Waals surface area (Å²) in [7, 11) is 0. The summed E-state index contributed by atoms with van der Waals surface area (Å²) in [5, 5.41) is 9.91. The van der Waals surface area contributed by atoms with E-state index in [1.807, 2.05) is 5.38 Å². The third-order valence-electron chi connectivity index (χ3n) is 5.70. The molecule has 1 unspecified atom stereocenters. The van der Waals surface area contributed by atoms with E-state index in [1.165, 1.54) is 11.3 Å². The lowest BCUT2D eigenvalue weighted by atomic mass is 9.91. The zero-order chi connectivity index (χ0) is 24.6.